The van der Waals surface area contributed by atoms with E-state index in [0.29, 0.717) is 30.1 Å². The zero-order chi connectivity index (χ0) is 17.2. The Hall–Kier alpha value is -0.670. The van der Waals surface area contributed by atoms with Crippen LogP contribution in [0.2, 0.25) is 5.02 Å². The lowest BCUT2D eigenvalue weighted by Gasteiger charge is -2.32. The van der Waals surface area contributed by atoms with E-state index in [0.717, 1.165) is 4.47 Å². The fourth-order valence-electron chi connectivity index (χ4n) is 2.42. The van der Waals surface area contributed by atoms with Gasteiger partial charge in [0.15, 0.2) is 0 Å². The molecule has 1 saturated heterocycles. The summed E-state index contributed by atoms with van der Waals surface area (Å²) < 4.78 is 27.7. The van der Waals surface area contributed by atoms with Gasteiger partial charge in [-0.1, -0.05) is 11.6 Å². The number of nitrogens with one attached hydrogen (secondary N) is 1. The molecule has 0 aliphatic carbocycles. The van der Waals surface area contributed by atoms with Crippen LogP contribution in [0.3, 0.4) is 0 Å². The van der Waals surface area contributed by atoms with Crippen LogP contribution in [0, 0.1) is 5.92 Å². The van der Waals surface area contributed by atoms with Crippen molar-refractivity contribution in [2.75, 3.05) is 32.5 Å². The highest BCUT2D eigenvalue weighted by atomic mass is 79.9. The second kappa shape index (κ2) is 7.48. The quantitative estimate of drug-likeness (QED) is 0.807. The molecule has 1 amide bonds. The summed E-state index contributed by atoms with van der Waals surface area (Å²) in [5, 5.41) is 3.30. The van der Waals surface area contributed by atoms with Gasteiger partial charge in [0.05, 0.1) is 10.9 Å². The Bertz CT molecular complexity index is 697. The molecule has 0 saturated carbocycles. The Morgan fingerprint density at radius 1 is 1.43 bits per heavy atom. The topological polar surface area (TPSA) is 69.7 Å². The first kappa shape index (κ1) is 18.7. The summed E-state index contributed by atoms with van der Waals surface area (Å²) in [6, 6.07) is 5.15. The van der Waals surface area contributed by atoms with Crippen LogP contribution in [0.15, 0.2) is 22.7 Å². The fraction of sp³-hybridized carbons (Fsp3) is 0.500. The number of hydrogen-bond acceptors (Lipinski definition) is 3. The predicted molar refractivity (Wildman–Crippen MR) is 94.7 cm³/mol. The summed E-state index contributed by atoms with van der Waals surface area (Å²) in [6.07, 6.45) is 1.32. The third-order valence-electron chi connectivity index (χ3n) is 3.73. The molecule has 1 aliphatic heterocycles. The minimum atomic E-state index is -3.49. The maximum absolute atomic E-state index is 12.4. The number of rotatable bonds is 4. The molecule has 1 fully saturated rings. The maximum atomic E-state index is 12.4. The van der Waals surface area contributed by atoms with Gasteiger partial charge in [0.25, 0.3) is 10.2 Å². The highest BCUT2D eigenvalue weighted by Crippen LogP contribution is 2.27. The van der Waals surface area contributed by atoms with E-state index in [1.54, 1.807) is 18.2 Å². The number of nitrogens with zero attached hydrogens (tertiary/aromatic N) is 2. The van der Waals surface area contributed by atoms with Crippen LogP contribution >= 0.6 is 27.5 Å². The van der Waals surface area contributed by atoms with Crippen molar-refractivity contribution >= 4 is 49.3 Å². The van der Waals surface area contributed by atoms with Gasteiger partial charge in [-0.05, 0) is 47.0 Å². The van der Waals surface area contributed by atoms with E-state index < -0.39 is 10.2 Å². The minimum Gasteiger partial charge on any atom is -0.326 e. The van der Waals surface area contributed by atoms with Crippen molar-refractivity contribution in [3.8, 4) is 0 Å². The summed E-state index contributed by atoms with van der Waals surface area (Å²) in [6.45, 7) is 0.630. The third kappa shape index (κ3) is 4.45. The van der Waals surface area contributed by atoms with Crippen molar-refractivity contribution in [2.45, 2.75) is 12.8 Å². The average molecular weight is 425 g/mol. The number of halogens is 2. The highest BCUT2D eigenvalue weighted by Gasteiger charge is 2.33. The molecule has 0 radical (unpaired) electrons. The molecule has 1 aliphatic rings. The van der Waals surface area contributed by atoms with E-state index in [4.69, 9.17) is 11.6 Å². The van der Waals surface area contributed by atoms with Crippen LogP contribution in [-0.4, -0.2) is 50.1 Å². The van der Waals surface area contributed by atoms with Gasteiger partial charge in [0, 0.05) is 37.3 Å². The molecular weight excluding hydrogens is 406 g/mol. The Labute approximate surface area is 150 Å². The van der Waals surface area contributed by atoms with E-state index in [1.807, 2.05) is 0 Å². The minimum absolute atomic E-state index is 0.191. The molecule has 1 aromatic rings. The number of hydrogen-bond donors (Lipinski definition) is 1. The standard InChI is InChI=1S/C14H19BrClN3O3S/c1-18(2)23(21,22)19-7-3-4-10(9-19)14(20)17-11-5-6-12(15)13(16)8-11/h5-6,8,10H,3-4,7,9H2,1-2H3,(H,17,20)/t10-/m0/s1. The van der Waals surface area contributed by atoms with Crippen LogP contribution in [-0.2, 0) is 15.0 Å². The molecule has 0 spiro atoms. The van der Waals surface area contributed by atoms with Crippen molar-refractivity contribution in [1.82, 2.24) is 8.61 Å². The van der Waals surface area contributed by atoms with Crippen molar-refractivity contribution in [1.29, 1.82) is 0 Å². The van der Waals surface area contributed by atoms with Crippen LogP contribution in [0.25, 0.3) is 0 Å². The molecule has 0 bridgehead atoms. The fourth-order valence-corrected chi connectivity index (χ4v) is 4.03. The van der Waals surface area contributed by atoms with Crippen LogP contribution in [0.4, 0.5) is 5.69 Å². The van der Waals surface area contributed by atoms with E-state index in [1.165, 1.54) is 22.7 Å². The predicted octanol–water partition coefficient (Wildman–Crippen LogP) is 2.56. The zero-order valence-corrected chi connectivity index (χ0v) is 16.1. The molecule has 1 heterocycles. The van der Waals surface area contributed by atoms with Crippen LogP contribution in [0.1, 0.15) is 12.8 Å². The molecule has 0 aromatic heterocycles. The number of benzene rings is 1. The van der Waals surface area contributed by atoms with Crippen molar-refractivity contribution in [3.05, 3.63) is 27.7 Å². The molecular formula is C14H19BrClN3O3S. The number of amides is 1. The molecule has 0 unspecified atom stereocenters. The monoisotopic (exact) mass is 423 g/mol. The first-order valence-electron chi connectivity index (χ1n) is 7.15. The maximum Gasteiger partial charge on any atom is 0.281 e. The molecule has 2 rings (SSSR count). The van der Waals surface area contributed by atoms with Gasteiger partial charge in [-0.15, -0.1) is 0 Å². The molecule has 1 aromatic carbocycles. The molecule has 9 heteroatoms. The first-order chi connectivity index (χ1) is 10.7. The van der Waals surface area contributed by atoms with Gasteiger partial charge in [0.2, 0.25) is 5.91 Å². The summed E-state index contributed by atoms with van der Waals surface area (Å²) in [5.74, 6) is -0.567. The van der Waals surface area contributed by atoms with Gasteiger partial charge in [0.1, 0.15) is 0 Å². The lowest BCUT2D eigenvalue weighted by Crippen LogP contribution is -2.47. The van der Waals surface area contributed by atoms with E-state index >= 15 is 0 Å². The largest absolute Gasteiger partial charge is 0.326 e. The zero-order valence-electron chi connectivity index (χ0n) is 12.9. The molecule has 1 atom stereocenters. The highest BCUT2D eigenvalue weighted by molar-refractivity contribution is 9.10. The van der Waals surface area contributed by atoms with Gasteiger partial charge in [-0.2, -0.15) is 17.0 Å². The van der Waals surface area contributed by atoms with E-state index in [2.05, 4.69) is 21.2 Å². The third-order valence-corrected chi connectivity index (χ3v) is 6.87. The van der Waals surface area contributed by atoms with Crippen molar-refractivity contribution in [2.24, 2.45) is 5.92 Å². The molecule has 23 heavy (non-hydrogen) atoms. The summed E-state index contributed by atoms with van der Waals surface area (Å²) in [5.41, 5.74) is 0.593. The first-order valence-corrected chi connectivity index (χ1v) is 9.72. The SMILES string of the molecule is CN(C)S(=O)(=O)N1CCC[C@H](C(=O)Nc2ccc(Br)c(Cl)c2)C1. The van der Waals surface area contributed by atoms with Gasteiger partial charge in [-0.25, -0.2) is 0 Å². The van der Waals surface area contributed by atoms with Crippen LogP contribution < -0.4 is 5.32 Å². The Morgan fingerprint density at radius 2 is 2.13 bits per heavy atom. The second-order valence-corrected chi connectivity index (χ2v) is 9.01. The van der Waals surface area contributed by atoms with Crippen LogP contribution in [0.5, 0.6) is 0 Å². The molecule has 6 nitrogen and oxygen atoms in total. The summed E-state index contributed by atoms with van der Waals surface area (Å²) in [7, 11) is -0.514. The lowest BCUT2D eigenvalue weighted by molar-refractivity contribution is -0.120. The van der Waals surface area contributed by atoms with Crippen molar-refractivity contribution < 1.29 is 13.2 Å². The number of piperidine rings is 1. The number of carbonyl (C=O) groups is 1. The van der Waals surface area contributed by atoms with Gasteiger partial charge in [-0.3, -0.25) is 4.79 Å². The van der Waals surface area contributed by atoms with Crippen molar-refractivity contribution in [3.63, 3.8) is 0 Å². The normalized spacial score (nSPS) is 19.8. The smallest absolute Gasteiger partial charge is 0.281 e. The second-order valence-electron chi connectivity index (χ2n) is 5.61. The van der Waals surface area contributed by atoms with E-state index in [9.17, 15) is 13.2 Å². The lowest BCUT2D eigenvalue weighted by atomic mass is 9.99. The van der Waals surface area contributed by atoms with Gasteiger partial charge < -0.3 is 5.32 Å². The number of anilines is 1. The Kier molecular flexibility index (Phi) is 6.07. The van der Waals surface area contributed by atoms with Gasteiger partial charge >= 0.3 is 0 Å². The summed E-state index contributed by atoms with van der Waals surface area (Å²) in [4.78, 5) is 12.4. The molecule has 1 N–H and O–H groups in total. The Balaban J connectivity index is 2.06. The number of carbonyl (C=O) groups excluding carboxylic acids is 1. The Morgan fingerprint density at radius 3 is 2.74 bits per heavy atom. The van der Waals surface area contributed by atoms with E-state index in [-0.39, 0.29) is 18.4 Å². The molecule has 128 valence electrons. The summed E-state index contributed by atoms with van der Waals surface area (Å²) >= 11 is 9.30. The average Bonchev–Trinajstić information content (AvgIpc) is 2.51.